The van der Waals surface area contributed by atoms with Crippen LogP contribution in [0.2, 0.25) is 0 Å². The first-order valence-electron chi connectivity index (χ1n) is 10.4. The summed E-state index contributed by atoms with van der Waals surface area (Å²) in [4.78, 5) is 37.0. The maximum Gasteiger partial charge on any atom is 0.407 e. The number of alkyl carbamates (subject to hydrolysis) is 1. The molecular formula is C25H21N3O5S. The number of carboxylic acid groups (broad SMARTS) is 1. The SMILES string of the molecule is Cc1nsc(N(C)C(=O)C#CCNC(=O)OCC2c3ccccc3-c3ccccc32)c1C(=O)O. The van der Waals surface area contributed by atoms with Gasteiger partial charge in [-0.25, -0.2) is 9.59 Å². The smallest absolute Gasteiger partial charge is 0.407 e. The molecule has 4 rings (SSSR count). The lowest BCUT2D eigenvalue weighted by molar-refractivity contribution is -0.113. The van der Waals surface area contributed by atoms with Crippen LogP contribution in [0.25, 0.3) is 11.1 Å². The summed E-state index contributed by atoms with van der Waals surface area (Å²) in [6, 6.07) is 16.1. The van der Waals surface area contributed by atoms with Crippen LogP contribution in [0.5, 0.6) is 0 Å². The number of nitrogens with zero attached hydrogens (tertiary/aromatic N) is 2. The third kappa shape index (κ3) is 4.49. The van der Waals surface area contributed by atoms with E-state index in [1.807, 2.05) is 36.4 Å². The lowest BCUT2D eigenvalue weighted by Gasteiger charge is -2.14. The summed E-state index contributed by atoms with van der Waals surface area (Å²) >= 11 is 0.911. The van der Waals surface area contributed by atoms with Crippen LogP contribution in [0, 0.1) is 18.8 Å². The first kappa shape index (κ1) is 23.0. The molecule has 3 aromatic rings. The zero-order valence-electron chi connectivity index (χ0n) is 18.5. The summed E-state index contributed by atoms with van der Waals surface area (Å²) in [5.74, 6) is 3.13. The Balaban J connectivity index is 1.31. The van der Waals surface area contributed by atoms with Gasteiger partial charge in [0.1, 0.15) is 17.2 Å². The molecule has 1 heterocycles. The number of carbonyl (C=O) groups is 3. The molecule has 172 valence electrons. The van der Waals surface area contributed by atoms with Gasteiger partial charge in [0.2, 0.25) is 0 Å². The van der Waals surface area contributed by atoms with E-state index in [1.165, 1.54) is 7.05 Å². The number of aromatic carboxylic acids is 1. The third-order valence-corrected chi connectivity index (χ3v) is 6.54. The Morgan fingerprint density at radius 3 is 2.35 bits per heavy atom. The maximum atomic E-state index is 12.3. The zero-order valence-corrected chi connectivity index (χ0v) is 19.3. The highest BCUT2D eigenvalue weighted by atomic mass is 32.1. The van der Waals surface area contributed by atoms with Gasteiger partial charge in [0.15, 0.2) is 0 Å². The van der Waals surface area contributed by atoms with E-state index >= 15 is 0 Å². The largest absolute Gasteiger partial charge is 0.478 e. The molecule has 0 unspecified atom stereocenters. The van der Waals surface area contributed by atoms with Crippen molar-refractivity contribution in [1.29, 1.82) is 0 Å². The fourth-order valence-corrected chi connectivity index (χ4v) is 4.74. The van der Waals surface area contributed by atoms with Crippen molar-refractivity contribution in [3.8, 4) is 23.0 Å². The number of aryl methyl sites for hydroxylation is 1. The standard InChI is InChI=1S/C25H21N3O5S/c1-15-22(24(30)31)23(34-27-15)28(2)21(29)12-7-13-26-25(32)33-14-20-18-10-5-3-8-16(18)17-9-4-6-11-19(17)20/h3-6,8-11,20H,13-14H2,1-2H3,(H,26,32)(H,30,31). The van der Waals surface area contributed by atoms with Crippen LogP contribution in [-0.2, 0) is 9.53 Å². The molecule has 8 nitrogen and oxygen atoms in total. The number of fused-ring (bicyclic) bond motifs is 3. The number of ether oxygens (including phenoxy) is 1. The summed E-state index contributed by atoms with van der Waals surface area (Å²) in [6.45, 7) is 1.65. The molecule has 0 bridgehead atoms. The van der Waals surface area contributed by atoms with Gasteiger partial charge < -0.3 is 15.2 Å². The quantitative estimate of drug-likeness (QED) is 0.545. The summed E-state index contributed by atoms with van der Waals surface area (Å²) < 4.78 is 9.41. The van der Waals surface area contributed by atoms with Crippen LogP contribution in [-0.4, -0.2) is 47.6 Å². The molecular weight excluding hydrogens is 454 g/mol. The Bertz CT molecular complexity index is 1290. The van der Waals surface area contributed by atoms with Crippen molar-refractivity contribution in [2.45, 2.75) is 12.8 Å². The molecule has 1 aliphatic carbocycles. The minimum atomic E-state index is -1.16. The van der Waals surface area contributed by atoms with Crippen molar-refractivity contribution in [2.75, 3.05) is 25.1 Å². The normalized spacial score (nSPS) is 11.6. The zero-order chi connectivity index (χ0) is 24.2. The van der Waals surface area contributed by atoms with Crippen LogP contribution in [0.3, 0.4) is 0 Å². The first-order valence-corrected chi connectivity index (χ1v) is 11.2. The number of aromatic nitrogens is 1. The lowest BCUT2D eigenvalue weighted by atomic mass is 9.98. The number of amides is 2. The minimum absolute atomic E-state index is 0.0283. The number of nitrogens with one attached hydrogen (secondary N) is 1. The lowest BCUT2D eigenvalue weighted by Crippen LogP contribution is -2.27. The van der Waals surface area contributed by atoms with Crippen molar-refractivity contribution >= 4 is 34.5 Å². The first-order chi connectivity index (χ1) is 16.4. The minimum Gasteiger partial charge on any atom is -0.478 e. The number of rotatable bonds is 5. The highest BCUT2D eigenvalue weighted by molar-refractivity contribution is 7.11. The molecule has 2 amide bonds. The predicted molar refractivity (Wildman–Crippen MR) is 128 cm³/mol. The van der Waals surface area contributed by atoms with Gasteiger partial charge in [-0.3, -0.25) is 9.69 Å². The van der Waals surface area contributed by atoms with Crippen LogP contribution in [0.15, 0.2) is 48.5 Å². The van der Waals surface area contributed by atoms with E-state index in [-0.39, 0.29) is 29.6 Å². The molecule has 0 saturated carbocycles. The van der Waals surface area contributed by atoms with Gasteiger partial charge in [0.05, 0.1) is 12.2 Å². The van der Waals surface area contributed by atoms with E-state index in [9.17, 15) is 19.5 Å². The van der Waals surface area contributed by atoms with Crippen molar-refractivity contribution < 1.29 is 24.2 Å². The molecule has 1 aliphatic rings. The van der Waals surface area contributed by atoms with E-state index in [4.69, 9.17) is 4.74 Å². The molecule has 2 aromatic carbocycles. The van der Waals surface area contributed by atoms with E-state index in [1.54, 1.807) is 6.92 Å². The molecule has 0 fully saturated rings. The van der Waals surface area contributed by atoms with Gasteiger partial charge in [0, 0.05) is 13.0 Å². The van der Waals surface area contributed by atoms with Crippen LogP contribution < -0.4 is 10.2 Å². The Hall–Kier alpha value is -4.16. The average molecular weight is 476 g/mol. The van der Waals surface area contributed by atoms with Gasteiger partial charge in [-0.2, -0.15) is 4.37 Å². The van der Waals surface area contributed by atoms with E-state index < -0.39 is 18.0 Å². The molecule has 0 radical (unpaired) electrons. The van der Waals surface area contributed by atoms with E-state index in [0.717, 1.165) is 38.7 Å². The van der Waals surface area contributed by atoms with E-state index in [2.05, 4.69) is 33.7 Å². The highest BCUT2D eigenvalue weighted by Gasteiger charge is 2.29. The Labute approximate surface area is 200 Å². The van der Waals surface area contributed by atoms with Crippen LogP contribution >= 0.6 is 11.5 Å². The van der Waals surface area contributed by atoms with Crippen molar-refractivity contribution in [3.63, 3.8) is 0 Å². The number of benzene rings is 2. The van der Waals surface area contributed by atoms with Crippen LogP contribution in [0.4, 0.5) is 9.80 Å². The molecule has 0 atom stereocenters. The van der Waals surface area contributed by atoms with Crippen molar-refractivity contribution in [1.82, 2.24) is 9.69 Å². The Morgan fingerprint density at radius 2 is 1.74 bits per heavy atom. The summed E-state index contributed by atoms with van der Waals surface area (Å²) in [5, 5.41) is 12.0. The number of anilines is 1. The monoisotopic (exact) mass is 475 g/mol. The van der Waals surface area contributed by atoms with Gasteiger partial charge in [-0.1, -0.05) is 54.5 Å². The second kappa shape index (κ2) is 9.77. The second-order valence-electron chi connectivity index (χ2n) is 7.60. The number of hydrogen-bond acceptors (Lipinski definition) is 6. The Kier molecular flexibility index (Phi) is 6.61. The van der Waals surface area contributed by atoms with Crippen molar-refractivity contribution in [3.05, 3.63) is 70.9 Å². The van der Waals surface area contributed by atoms with E-state index in [0.29, 0.717) is 5.69 Å². The Morgan fingerprint density at radius 1 is 1.12 bits per heavy atom. The van der Waals surface area contributed by atoms with Gasteiger partial charge in [0.25, 0.3) is 0 Å². The fourth-order valence-electron chi connectivity index (χ4n) is 3.89. The molecule has 1 aromatic heterocycles. The molecule has 0 aliphatic heterocycles. The maximum absolute atomic E-state index is 12.3. The number of carboxylic acids is 1. The third-order valence-electron chi connectivity index (χ3n) is 5.53. The topological polar surface area (TPSA) is 109 Å². The average Bonchev–Trinajstić information content (AvgIpc) is 3.38. The fraction of sp³-hybridized carbons (Fsp3) is 0.200. The number of hydrogen-bond donors (Lipinski definition) is 2. The van der Waals surface area contributed by atoms with Crippen molar-refractivity contribution in [2.24, 2.45) is 0 Å². The number of carbonyl (C=O) groups excluding carboxylic acids is 2. The van der Waals surface area contributed by atoms with Crippen LogP contribution in [0.1, 0.15) is 33.1 Å². The highest BCUT2D eigenvalue weighted by Crippen LogP contribution is 2.44. The molecule has 2 N–H and O–H groups in total. The van der Waals surface area contributed by atoms with Gasteiger partial charge in [-0.15, -0.1) is 0 Å². The molecule has 0 saturated heterocycles. The molecule has 34 heavy (non-hydrogen) atoms. The van der Waals surface area contributed by atoms with Gasteiger partial charge >= 0.3 is 18.0 Å². The molecule has 0 spiro atoms. The summed E-state index contributed by atoms with van der Waals surface area (Å²) in [7, 11) is 1.43. The summed E-state index contributed by atoms with van der Waals surface area (Å²) in [6.07, 6.45) is -0.636. The summed E-state index contributed by atoms with van der Waals surface area (Å²) in [5.41, 5.74) is 4.81. The second-order valence-corrected chi connectivity index (χ2v) is 8.35. The van der Waals surface area contributed by atoms with Gasteiger partial charge in [-0.05, 0) is 46.6 Å². The predicted octanol–water partition coefficient (Wildman–Crippen LogP) is 3.65. The molecule has 9 heteroatoms.